The molecule has 3 aliphatic heterocycles. The molecule has 3 heterocycles. The first-order chi connectivity index (χ1) is 10.1. The number of fused-ring (bicyclic) bond motifs is 3. The van der Waals surface area contributed by atoms with Crippen molar-refractivity contribution in [1.29, 1.82) is 0 Å². The van der Waals surface area contributed by atoms with Crippen LogP contribution in [0.15, 0.2) is 17.3 Å². The lowest BCUT2D eigenvalue weighted by atomic mass is 9.84. The molecular formula is C14H16ClF2N3O. The standard InChI is InChI=1S/C14H16ClF2N3O/c15-12-10(16)2-1-9(13(12)17)14(19-21)18-11-7-20-5-3-8(11)4-6-20/h1-2,8,11,21H,3-7H2,(H,18,19)/t11-/m0/s1. The molecule has 1 aromatic rings. The number of benzene rings is 1. The van der Waals surface area contributed by atoms with Crippen molar-refractivity contribution < 1.29 is 14.0 Å². The fourth-order valence-corrected chi connectivity index (χ4v) is 3.34. The zero-order chi connectivity index (χ0) is 15.0. The van der Waals surface area contributed by atoms with E-state index < -0.39 is 16.7 Å². The van der Waals surface area contributed by atoms with Gasteiger partial charge in [-0.3, -0.25) is 0 Å². The SMILES string of the molecule is O/N=C(/N[C@H]1CN2CCC1CC2)c1ccc(F)c(Cl)c1F. The van der Waals surface area contributed by atoms with E-state index in [1.54, 1.807) is 0 Å². The molecule has 2 bridgehead atoms. The summed E-state index contributed by atoms with van der Waals surface area (Å²) in [4.78, 5) is 2.32. The predicted octanol–water partition coefficient (Wildman–Crippen LogP) is 2.44. The van der Waals surface area contributed by atoms with Gasteiger partial charge in [0.1, 0.15) is 10.8 Å². The molecule has 0 aliphatic carbocycles. The Bertz CT molecular complexity index is 574. The molecule has 3 fully saturated rings. The zero-order valence-corrected chi connectivity index (χ0v) is 12.1. The number of piperidine rings is 3. The Morgan fingerprint density at radius 1 is 1.33 bits per heavy atom. The molecule has 114 valence electrons. The van der Waals surface area contributed by atoms with Gasteiger partial charge in [-0.05, 0) is 44.0 Å². The van der Waals surface area contributed by atoms with E-state index in [1.165, 1.54) is 6.07 Å². The van der Waals surface area contributed by atoms with Crippen molar-refractivity contribution >= 4 is 17.4 Å². The Hall–Kier alpha value is -1.40. The van der Waals surface area contributed by atoms with Crippen LogP contribution in [-0.4, -0.2) is 41.6 Å². The molecule has 0 radical (unpaired) electrons. The molecule has 2 N–H and O–H groups in total. The second-order valence-corrected chi connectivity index (χ2v) is 5.94. The predicted molar refractivity (Wildman–Crippen MR) is 75.8 cm³/mol. The Balaban J connectivity index is 1.82. The Kier molecular flexibility index (Phi) is 3.99. The molecule has 4 nitrogen and oxygen atoms in total. The van der Waals surface area contributed by atoms with Crippen LogP contribution in [-0.2, 0) is 0 Å². The van der Waals surface area contributed by atoms with Crippen LogP contribution in [0.3, 0.4) is 0 Å². The van der Waals surface area contributed by atoms with E-state index >= 15 is 0 Å². The van der Waals surface area contributed by atoms with E-state index in [2.05, 4.69) is 15.4 Å². The van der Waals surface area contributed by atoms with Crippen LogP contribution < -0.4 is 5.32 Å². The molecule has 7 heteroatoms. The number of amidine groups is 1. The number of nitrogens with one attached hydrogen (secondary N) is 1. The van der Waals surface area contributed by atoms with E-state index in [0.29, 0.717) is 5.92 Å². The van der Waals surface area contributed by atoms with Gasteiger partial charge in [-0.2, -0.15) is 0 Å². The molecule has 0 spiro atoms. The number of rotatable bonds is 2. The van der Waals surface area contributed by atoms with Crippen LogP contribution in [0.4, 0.5) is 8.78 Å². The van der Waals surface area contributed by atoms with Gasteiger partial charge in [-0.25, -0.2) is 8.78 Å². The molecule has 3 saturated heterocycles. The number of hydrogen-bond donors (Lipinski definition) is 2. The second kappa shape index (κ2) is 5.77. The minimum Gasteiger partial charge on any atom is -0.409 e. The summed E-state index contributed by atoms with van der Waals surface area (Å²) < 4.78 is 27.2. The van der Waals surface area contributed by atoms with Gasteiger partial charge in [-0.15, -0.1) is 0 Å². The fraction of sp³-hybridized carbons (Fsp3) is 0.500. The summed E-state index contributed by atoms with van der Waals surface area (Å²) in [5.41, 5.74) is -0.0275. The van der Waals surface area contributed by atoms with Crippen LogP contribution in [0.2, 0.25) is 5.02 Å². The average molecular weight is 316 g/mol. The highest BCUT2D eigenvalue weighted by atomic mass is 35.5. The summed E-state index contributed by atoms with van der Waals surface area (Å²) in [6.07, 6.45) is 2.14. The summed E-state index contributed by atoms with van der Waals surface area (Å²) in [7, 11) is 0. The van der Waals surface area contributed by atoms with Gasteiger partial charge in [0.25, 0.3) is 0 Å². The second-order valence-electron chi connectivity index (χ2n) is 5.56. The highest BCUT2D eigenvalue weighted by molar-refractivity contribution is 6.31. The summed E-state index contributed by atoms with van der Waals surface area (Å²) in [5, 5.41) is 14.8. The number of hydrogen-bond acceptors (Lipinski definition) is 3. The van der Waals surface area contributed by atoms with Gasteiger partial charge in [0.2, 0.25) is 0 Å². The molecule has 3 aliphatic rings. The number of oxime groups is 1. The number of halogens is 3. The van der Waals surface area contributed by atoms with E-state index in [9.17, 15) is 14.0 Å². The van der Waals surface area contributed by atoms with Crippen molar-refractivity contribution in [3.8, 4) is 0 Å². The number of nitrogens with zero attached hydrogens (tertiary/aromatic N) is 2. The van der Waals surface area contributed by atoms with E-state index in [1.807, 2.05) is 0 Å². The third kappa shape index (κ3) is 2.70. The van der Waals surface area contributed by atoms with E-state index in [0.717, 1.165) is 38.5 Å². The third-order valence-corrected chi connectivity index (χ3v) is 4.72. The Morgan fingerprint density at radius 3 is 2.62 bits per heavy atom. The Morgan fingerprint density at radius 2 is 2.05 bits per heavy atom. The maximum atomic E-state index is 14.0. The molecule has 4 rings (SSSR count). The van der Waals surface area contributed by atoms with E-state index in [-0.39, 0.29) is 17.4 Å². The molecule has 0 unspecified atom stereocenters. The Labute approximate surface area is 126 Å². The van der Waals surface area contributed by atoms with Gasteiger partial charge in [0.15, 0.2) is 11.7 Å². The van der Waals surface area contributed by atoms with Crippen LogP contribution in [0.5, 0.6) is 0 Å². The molecule has 0 aromatic heterocycles. The van der Waals surface area contributed by atoms with Crippen molar-refractivity contribution in [3.63, 3.8) is 0 Å². The van der Waals surface area contributed by atoms with Gasteiger partial charge in [0.05, 0.1) is 5.56 Å². The van der Waals surface area contributed by atoms with Crippen LogP contribution in [0.1, 0.15) is 18.4 Å². The molecule has 0 amide bonds. The largest absolute Gasteiger partial charge is 0.409 e. The lowest BCUT2D eigenvalue weighted by molar-refractivity contribution is 0.0808. The zero-order valence-electron chi connectivity index (χ0n) is 11.3. The van der Waals surface area contributed by atoms with Crippen LogP contribution in [0.25, 0.3) is 0 Å². The minimum atomic E-state index is -0.918. The van der Waals surface area contributed by atoms with Gasteiger partial charge in [0, 0.05) is 12.6 Å². The van der Waals surface area contributed by atoms with Gasteiger partial charge < -0.3 is 15.4 Å². The molecule has 1 aromatic carbocycles. The fourth-order valence-electron chi connectivity index (χ4n) is 3.17. The maximum Gasteiger partial charge on any atom is 0.175 e. The topological polar surface area (TPSA) is 47.9 Å². The third-order valence-electron chi connectivity index (χ3n) is 4.37. The maximum absolute atomic E-state index is 14.0. The quantitative estimate of drug-likeness (QED) is 0.290. The smallest absolute Gasteiger partial charge is 0.175 e. The van der Waals surface area contributed by atoms with Crippen molar-refractivity contribution in [2.24, 2.45) is 11.1 Å². The van der Waals surface area contributed by atoms with Crippen LogP contribution in [0, 0.1) is 17.6 Å². The highest BCUT2D eigenvalue weighted by Crippen LogP contribution is 2.28. The normalized spacial score (nSPS) is 28.7. The molecule has 21 heavy (non-hydrogen) atoms. The average Bonchev–Trinajstić information content (AvgIpc) is 2.52. The molecular weight excluding hydrogens is 300 g/mol. The summed E-state index contributed by atoms with van der Waals surface area (Å²) in [6.45, 7) is 2.98. The van der Waals surface area contributed by atoms with Crippen LogP contribution >= 0.6 is 11.6 Å². The summed E-state index contributed by atoms with van der Waals surface area (Å²) >= 11 is 5.57. The first-order valence-corrected chi connectivity index (χ1v) is 7.32. The molecule has 1 atom stereocenters. The van der Waals surface area contributed by atoms with Crippen molar-refractivity contribution in [3.05, 3.63) is 34.4 Å². The van der Waals surface area contributed by atoms with Crippen molar-refractivity contribution in [1.82, 2.24) is 10.2 Å². The van der Waals surface area contributed by atoms with Crippen molar-refractivity contribution in [2.45, 2.75) is 18.9 Å². The van der Waals surface area contributed by atoms with Gasteiger partial charge >= 0.3 is 0 Å². The lowest BCUT2D eigenvalue weighted by Crippen LogP contribution is -2.57. The first-order valence-electron chi connectivity index (χ1n) is 6.95. The van der Waals surface area contributed by atoms with Gasteiger partial charge in [-0.1, -0.05) is 16.8 Å². The monoisotopic (exact) mass is 315 g/mol. The minimum absolute atomic E-state index is 0.00634. The summed E-state index contributed by atoms with van der Waals surface area (Å²) in [5.74, 6) is -1.28. The molecule has 0 saturated carbocycles. The first kappa shape index (κ1) is 14.5. The van der Waals surface area contributed by atoms with E-state index in [4.69, 9.17) is 11.6 Å². The highest BCUT2D eigenvalue weighted by Gasteiger charge is 2.35. The van der Waals surface area contributed by atoms with Crippen molar-refractivity contribution in [2.75, 3.05) is 19.6 Å². The summed E-state index contributed by atoms with van der Waals surface area (Å²) in [6, 6.07) is 2.38. The lowest BCUT2D eigenvalue weighted by Gasteiger charge is -2.45.